The molecule has 1 unspecified atom stereocenters. The summed E-state index contributed by atoms with van der Waals surface area (Å²) in [6, 6.07) is 9.81. The summed E-state index contributed by atoms with van der Waals surface area (Å²) in [6.45, 7) is 4.88. The topological polar surface area (TPSA) is 52.9 Å². The molecule has 0 amide bonds. The molecule has 1 saturated heterocycles. The third-order valence-corrected chi connectivity index (χ3v) is 3.91. The van der Waals surface area contributed by atoms with E-state index in [4.69, 9.17) is 9.84 Å². The zero-order valence-corrected chi connectivity index (χ0v) is 12.2. The van der Waals surface area contributed by atoms with E-state index in [0.717, 1.165) is 31.5 Å². The van der Waals surface area contributed by atoms with Gasteiger partial charge in [-0.25, -0.2) is 0 Å². The van der Waals surface area contributed by atoms with Gasteiger partial charge >= 0.3 is 0 Å². The van der Waals surface area contributed by atoms with Crippen molar-refractivity contribution in [1.29, 1.82) is 0 Å². The minimum absolute atomic E-state index is 0.0862. The fourth-order valence-corrected chi connectivity index (χ4v) is 2.78. The average Bonchev–Trinajstić information content (AvgIpc) is 2.47. The van der Waals surface area contributed by atoms with Crippen LogP contribution in [0.15, 0.2) is 30.3 Å². The maximum Gasteiger partial charge on any atom is 0.0994 e. The lowest BCUT2D eigenvalue weighted by Gasteiger charge is -2.36. The summed E-state index contributed by atoms with van der Waals surface area (Å²) in [6.07, 6.45) is 2.18. The van der Waals surface area contributed by atoms with Gasteiger partial charge in [-0.15, -0.1) is 0 Å². The molecule has 2 N–H and O–H groups in total. The van der Waals surface area contributed by atoms with Gasteiger partial charge in [0, 0.05) is 19.6 Å². The van der Waals surface area contributed by atoms with Crippen LogP contribution in [0.4, 0.5) is 0 Å². The number of aliphatic hydroxyl groups is 2. The molecule has 1 aromatic carbocycles. The molecule has 20 heavy (non-hydrogen) atoms. The maximum absolute atomic E-state index is 10.6. The molecule has 1 aromatic rings. The van der Waals surface area contributed by atoms with E-state index in [-0.39, 0.29) is 12.7 Å². The van der Waals surface area contributed by atoms with Crippen molar-refractivity contribution in [2.45, 2.75) is 31.5 Å². The van der Waals surface area contributed by atoms with Gasteiger partial charge in [0.15, 0.2) is 0 Å². The number of piperidine rings is 1. The monoisotopic (exact) mass is 279 g/mol. The van der Waals surface area contributed by atoms with Gasteiger partial charge in [0.05, 0.1) is 24.9 Å². The highest BCUT2D eigenvalue weighted by Crippen LogP contribution is 2.24. The molecular weight excluding hydrogens is 254 g/mol. The molecule has 112 valence electrons. The molecule has 2 rings (SSSR count). The van der Waals surface area contributed by atoms with Crippen LogP contribution in [0.5, 0.6) is 0 Å². The number of β-amino-alcohol motifs (C(OH)–C–C–N with tert-alkyl or cyclic N) is 1. The largest absolute Gasteiger partial charge is 0.394 e. The molecule has 4 nitrogen and oxygen atoms in total. The van der Waals surface area contributed by atoms with E-state index in [0.29, 0.717) is 13.2 Å². The van der Waals surface area contributed by atoms with E-state index in [1.807, 2.05) is 37.3 Å². The van der Waals surface area contributed by atoms with Crippen LogP contribution in [0.25, 0.3) is 0 Å². The van der Waals surface area contributed by atoms with E-state index in [1.165, 1.54) is 0 Å². The summed E-state index contributed by atoms with van der Waals surface area (Å²) < 4.78 is 5.56. The lowest BCUT2D eigenvalue weighted by Crippen LogP contribution is -2.44. The second-order valence-electron chi connectivity index (χ2n) is 5.71. The van der Waals surface area contributed by atoms with Crippen LogP contribution in [0.2, 0.25) is 0 Å². The normalized spacial score (nSPS) is 20.8. The molecule has 1 fully saturated rings. The van der Waals surface area contributed by atoms with Gasteiger partial charge in [0.2, 0.25) is 0 Å². The maximum atomic E-state index is 10.6. The molecule has 0 saturated carbocycles. The second kappa shape index (κ2) is 7.18. The molecule has 0 radical (unpaired) electrons. The van der Waals surface area contributed by atoms with E-state index in [1.54, 1.807) is 0 Å². The highest BCUT2D eigenvalue weighted by molar-refractivity contribution is 5.21. The van der Waals surface area contributed by atoms with Gasteiger partial charge in [-0.3, -0.25) is 4.90 Å². The number of rotatable bonds is 6. The molecule has 0 aliphatic carbocycles. The molecule has 0 aromatic heterocycles. The summed E-state index contributed by atoms with van der Waals surface area (Å²) in [5.41, 5.74) is 0.138. The van der Waals surface area contributed by atoms with Crippen LogP contribution in [0.1, 0.15) is 25.3 Å². The molecule has 1 heterocycles. The molecule has 1 aliphatic heterocycles. The number of hydrogen-bond acceptors (Lipinski definition) is 4. The first-order chi connectivity index (χ1) is 9.62. The Morgan fingerprint density at radius 2 is 1.90 bits per heavy atom. The Morgan fingerprint density at radius 1 is 1.25 bits per heavy atom. The molecule has 1 atom stereocenters. The van der Waals surface area contributed by atoms with E-state index < -0.39 is 5.60 Å². The highest BCUT2D eigenvalue weighted by atomic mass is 16.5. The van der Waals surface area contributed by atoms with Gasteiger partial charge < -0.3 is 14.9 Å². The Balaban J connectivity index is 1.83. The van der Waals surface area contributed by atoms with Crippen LogP contribution in [-0.4, -0.2) is 54.1 Å². The Labute approximate surface area is 121 Å². The zero-order valence-electron chi connectivity index (χ0n) is 12.2. The number of likely N-dealkylation sites (tertiary alicyclic amines) is 1. The quantitative estimate of drug-likeness (QED) is 0.826. The van der Waals surface area contributed by atoms with Crippen molar-refractivity contribution < 1.29 is 14.9 Å². The first kappa shape index (κ1) is 15.4. The molecule has 4 heteroatoms. The average molecular weight is 279 g/mol. The zero-order chi connectivity index (χ0) is 14.4. The van der Waals surface area contributed by atoms with Crippen LogP contribution >= 0.6 is 0 Å². The summed E-state index contributed by atoms with van der Waals surface area (Å²) in [4.78, 5) is 2.28. The summed E-state index contributed by atoms with van der Waals surface area (Å²) in [5, 5.41) is 19.4. The fraction of sp³-hybridized carbons (Fsp3) is 0.625. The van der Waals surface area contributed by atoms with Crippen molar-refractivity contribution >= 4 is 0 Å². The van der Waals surface area contributed by atoms with Crippen molar-refractivity contribution in [3.05, 3.63) is 35.9 Å². The third-order valence-electron chi connectivity index (χ3n) is 3.91. The minimum Gasteiger partial charge on any atom is -0.394 e. The first-order valence-electron chi connectivity index (χ1n) is 7.34. The number of nitrogens with zero attached hydrogens (tertiary/aromatic N) is 1. The van der Waals surface area contributed by atoms with Crippen LogP contribution < -0.4 is 0 Å². The Kier molecular flexibility index (Phi) is 5.54. The number of aliphatic hydroxyl groups excluding tert-OH is 1. The fourth-order valence-electron chi connectivity index (χ4n) is 2.78. The SMILES string of the molecule is CC(O)(CN1CCC(OCCO)CC1)c1ccccc1. The van der Waals surface area contributed by atoms with E-state index in [2.05, 4.69) is 4.90 Å². The van der Waals surface area contributed by atoms with Gasteiger partial charge in [-0.05, 0) is 25.3 Å². The van der Waals surface area contributed by atoms with Crippen molar-refractivity contribution in [2.24, 2.45) is 0 Å². The van der Waals surface area contributed by atoms with Gasteiger partial charge in [-0.1, -0.05) is 30.3 Å². The lowest BCUT2D eigenvalue weighted by molar-refractivity contribution is -0.0330. The van der Waals surface area contributed by atoms with Crippen molar-refractivity contribution in [1.82, 2.24) is 4.90 Å². The van der Waals surface area contributed by atoms with Gasteiger partial charge in [0.25, 0.3) is 0 Å². The van der Waals surface area contributed by atoms with Crippen molar-refractivity contribution in [3.8, 4) is 0 Å². The molecular formula is C16H25NO3. The predicted molar refractivity (Wildman–Crippen MR) is 78.5 cm³/mol. The first-order valence-corrected chi connectivity index (χ1v) is 7.34. The molecule has 1 aliphatic rings. The predicted octanol–water partition coefficient (Wildman–Crippen LogP) is 1.37. The second-order valence-corrected chi connectivity index (χ2v) is 5.71. The number of hydrogen-bond donors (Lipinski definition) is 2. The van der Waals surface area contributed by atoms with Crippen molar-refractivity contribution in [2.75, 3.05) is 32.8 Å². The Morgan fingerprint density at radius 3 is 2.50 bits per heavy atom. The van der Waals surface area contributed by atoms with Crippen LogP contribution in [-0.2, 0) is 10.3 Å². The highest BCUT2D eigenvalue weighted by Gasteiger charge is 2.28. The van der Waals surface area contributed by atoms with Crippen LogP contribution in [0.3, 0.4) is 0 Å². The third kappa shape index (κ3) is 4.28. The lowest BCUT2D eigenvalue weighted by atomic mass is 9.94. The van der Waals surface area contributed by atoms with E-state index in [9.17, 15) is 5.11 Å². The molecule has 0 bridgehead atoms. The summed E-state index contributed by atoms with van der Waals surface area (Å²) in [7, 11) is 0. The van der Waals surface area contributed by atoms with Crippen LogP contribution in [0, 0.1) is 0 Å². The van der Waals surface area contributed by atoms with Gasteiger partial charge in [0.1, 0.15) is 0 Å². The van der Waals surface area contributed by atoms with Crippen molar-refractivity contribution in [3.63, 3.8) is 0 Å². The number of benzene rings is 1. The summed E-state index contributed by atoms with van der Waals surface area (Å²) >= 11 is 0. The Hall–Kier alpha value is -0.940. The van der Waals surface area contributed by atoms with Gasteiger partial charge in [-0.2, -0.15) is 0 Å². The van der Waals surface area contributed by atoms with E-state index >= 15 is 0 Å². The number of ether oxygens (including phenoxy) is 1. The molecule has 0 spiro atoms. The summed E-state index contributed by atoms with van der Waals surface area (Å²) in [5.74, 6) is 0. The smallest absolute Gasteiger partial charge is 0.0994 e. The minimum atomic E-state index is -0.819. The Bertz CT molecular complexity index is 386. The standard InChI is InChI=1S/C16H25NO3/c1-16(19,14-5-3-2-4-6-14)13-17-9-7-15(8-10-17)20-12-11-18/h2-6,15,18-19H,7-13H2,1H3.